The van der Waals surface area contributed by atoms with E-state index in [4.69, 9.17) is 4.74 Å². The number of carbonyl (C=O) groups excluding carboxylic acids is 1. The summed E-state index contributed by atoms with van der Waals surface area (Å²) >= 11 is 0. The van der Waals surface area contributed by atoms with Crippen molar-refractivity contribution in [3.8, 4) is 0 Å². The summed E-state index contributed by atoms with van der Waals surface area (Å²) in [6, 6.07) is 14.1. The van der Waals surface area contributed by atoms with E-state index >= 15 is 0 Å². The highest BCUT2D eigenvalue weighted by Gasteiger charge is 2.40. The van der Waals surface area contributed by atoms with Gasteiger partial charge in [-0.25, -0.2) is 4.79 Å². The average molecular weight is 462 g/mol. The van der Waals surface area contributed by atoms with Gasteiger partial charge in [0.1, 0.15) is 0 Å². The van der Waals surface area contributed by atoms with E-state index in [1.165, 1.54) is 6.07 Å². The fraction of sp³-hybridized carbons (Fsp3) is 0.480. The first-order valence-corrected chi connectivity index (χ1v) is 11.3. The molecule has 4 rings (SSSR count). The third kappa shape index (κ3) is 5.17. The number of piperidine rings is 1. The van der Waals surface area contributed by atoms with Crippen molar-refractivity contribution in [1.82, 2.24) is 15.5 Å². The third-order valence-electron chi connectivity index (χ3n) is 6.71. The molecule has 0 aliphatic carbocycles. The number of amides is 2. The first-order chi connectivity index (χ1) is 15.7. The topological polar surface area (TPSA) is 53.6 Å². The number of nitrogens with one attached hydrogen (secondary N) is 2. The maximum atomic E-state index is 13.3. The van der Waals surface area contributed by atoms with Gasteiger partial charge >= 0.3 is 12.2 Å². The minimum Gasteiger partial charge on any atom is -0.372 e. The Kier molecular flexibility index (Phi) is 6.68. The van der Waals surface area contributed by atoms with Crippen LogP contribution in [0.15, 0.2) is 48.5 Å². The van der Waals surface area contributed by atoms with Crippen molar-refractivity contribution in [2.24, 2.45) is 0 Å². The van der Waals surface area contributed by atoms with Gasteiger partial charge in [-0.1, -0.05) is 42.0 Å². The summed E-state index contributed by atoms with van der Waals surface area (Å²) in [5, 5.41) is 6.48. The number of alkyl halides is 3. The minimum absolute atomic E-state index is 0.0289. The molecule has 1 unspecified atom stereocenters. The van der Waals surface area contributed by atoms with E-state index in [2.05, 4.69) is 10.6 Å². The lowest BCUT2D eigenvalue weighted by Gasteiger charge is -2.44. The van der Waals surface area contributed by atoms with E-state index in [0.29, 0.717) is 37.4 Å². The van der Waals surface area contributed by atoms with E-state index in [1.807, 2.05) is 35.2 Å². The average Bonchev–Trinajstić information content (AvgIpc) is 3.23. The number of benzene rings is 2. The molecular formula is C25H30F3N3O2. The highest BCUT2D eigenvalue weighted by molar-refractivity contribution is 5.76. The maximum absolute atomic E-state index is 13.3. The number of aryl methyl sites for hydroxylation is 1. The summed E-state index contributed by atoms with van der Waals surface area (Å²) in [4.78, 5) is 14.0. The Balaban J connectivity index is 1.51. The summed E-state index contributed by atoms with van der Waals surface area (Å²) in [6.07, 6.45) is -3.33. The molecule has 2 heterocycles. The number of ether oxygens (including phenoxy) is 1. The zero-order valence-electron chi connectivity index (χ0n) is 18.9. The third-order valence-corrected chi connectivity index (χ3v) is 6.71. The second-order valence-electron chi connectivity index (χ2n) is 9.03. The van der Waals surface area contributed by atoms with E-state index in [-0.39, 0.29) is 12.1 Å². The predicted octanol–water partition coefficient (Wildman–Crippen LogP) is 4.76. The Labute approximate surface area is 192 Å². The molecule has 2 aromatic carbocycles. The quantitative estimate of drug-likeness (QED) is 0.652. The number of halogens is 3. The van der Waals surface area contributed by atoms with Gasteiger partial charge in [0.15, 0.2) is 0 Å². The van der Waals surface area contributed by atoms with Gasteiger partial charge in [-0.3, -0.25) is 0 Å². The molecule has 0 aromatic heterocycles. The van der Waals surface area contributed by atoms with Crippen LogP contribution in [-0.2, 0) is 16.5 Å². The molecule has 2 saturated heterocycles. The van der Waals surface area contributed by atoms with Crippen LogP contribution in [0.1, 0.15) is 48.1 Å². The highest BCUT2D eigenvalue weighted by atomic mass is 19.4. The molecule has 0 spiro atoms. The molecule has 2 aromatic rings. The van der Waals surface area contributed by atoms with Crippen LogP contribution in [0.2, 0.25) is 0 Å². The largest absolute Gasteiger partial charge is 0.416 e. The van der Waals surface area contributed by atoms with E-state index in [1.54, 1.807) is 19.9 Å². The van der Waals surface area contributed by atoms with Crippen molar-refractivity contribution < 1.29 is 22.7 Å². The minimum atomic E-state index is -4.40. The monoisotopic (exact) mass is 461 g/mol. The molecule has 2 aliphatic rings. The van der Waals surface area contributed by atoms with Gasteiger partial charge < -0.3 is 20.3 Å². The maximum Gasteiger partial charge on any atom is 0.416 e. The van der Waals surface area contributed by atoms with Gasteiger partial charge in [-0.2, -0.15) is 13.2 Å². The lowest BCUT2D eigenvalue weighted by molar-refractivity contribution is -0.137. The lowest BCUT2D eigenvalue weighted by Crippen LogP contribution is -2.57. The van der Waals surface area contributed by atoms with Crippen molar-refractivity contribution >= 4 is 6.03 Å². The number of nitrogens with zero attached hydrogens (tertiary/aromatic N) is 1. The van der Waals surface area contributed by atoms with Gasteiger partial charge in [0.05, 0.1) is 23.8 Å². The van der Waals surface area contributed by atoms with Gasteiger partial charge in [-0.05, 0) is 49.9 Å². The van der Waals surface area contributed by atoms with Crippen LogP contribution >= 0.6 is 0 Å². The molecule has 3 atom stereocenters. The molecule has 0 saturated carbocycles. The Morgan fingerprint density at radius 3 is 2.58 bits per heavy atom. The molecule has 2 fully saturated rings. The van der Waals surface area contributed by atoms with Crippen molar-refractivity contribution in [2.45, 2.75) is 50.6 Å². The number of hydrogen-bond donors (Lipinski definition) is 2. The number of carbonyl (C=O) groups is 1. The predicted molar refractivity (Wildman–Crippen MR) is 120 cm³/mol. The van der Waals surface area contributed by atoms with Crippen LogP contribution in [0.3, 0.4) is 0 Å². The fourth-order valence-corrected chi connectivity index (χ4v) is 4.80. The zero-order chi connectivity index (χ0) is 23.6. The summed E-state index contributed by atoms with van der Waals surface area (Å²) in [5.41, 5.74) is 0.998. The number of hydrogen-bond acceptors (Lipinski definition) is 3. The molecule has 33 heavy (non-hydrogen) atoms. The van der Waals surface area contributed by atoms with Crippen molar-refractivity contribution in [2.75, 3.05) is 26.2 Å². The summed E-state index contributed by atoms with van der Waals surface area (Å²) in [5.74, 6) is 0. The van der Waals surface area contributed by atoms with Crippen molar-refractivity contribution in [1.29, 1.82) is 0 Å². The molecule has 2 aliphatic heterocycles. The Morgan fingerprint density at radius 1 is 1.21 bits per heavy atom. The SMILES string of the molecule is Cc1cc(C(C)OC[C@@]2(c3ccccc3)CC[C@H](N3CCNC3=O)CN2)cc(C(F)(F)F)c1. The Hall–Kier alpha value is -2.58. The smallest absolute Gasteiger partial charge is 0.372 e. The summed E-state index contributed by atoms with van der Waals surface area (Å²) < 4.78 is 46.0. The zero-order valence-corrected chi connectivity index (χ0v) is 18.9. The van der Waals surface area contributed by atoms with Crippen LogP contribution in [-0.4, -0.2) is 43.2 Å². The van der Waals surface area contributed by atoms with Gasteiger partial charge in [0.25, 0.3) is 0 Å². The standard InChI is InChI=1S/C25H30F3N3O2/c1-17-12-19(14-21(13-17)25(26,27)28)18(2)33-16-24(20-6-4-3-5-7-20)9-8-22(15-30-24)31-11-10-29-23(31)32/h3-7,12-14,18,22,30H,8-11,15-16H2,1-2H3,(H,29,32)/t18?,22-,24+/m0/s1. The van der Waals surface area contributed by atoms with Crippen LogP contribution in [0.25, 0.3) is 0 Å². The molecule has 2 N–H and O–H groups in total. The van der Waals surface area contributed by atoms with Crippen LogP contribution in [0.5, 0.6) is 0 Å². The van der Waals surface area contributed by atoms with E-state index in [9.17, 15) is 18.0 Å². The molecule has 178 valence electrons. The Morgan fingerprint density at radius 2 is 1.97 bits per heavy atom. The lowest BCUT2D eigenvalue weighted by atomic mass is 9.81. The van der Waals surface area contributed by atoms with Crippen LogP contribution in [0.4, 0.5) is 18.0 Å². The van der Waals surface area contributed by atoms with Crippen molar-refractivity contribution in [3.63, 3.8) is 0 Å². The first-order valence-electron chi connectivity index (χ1n) is 11.3. The Bertz CT molecular complexity index is 973. The number of urea groups is 1. The van der Waals surface area contributed by atoms with E-state index in [0.717, 1.165) is 24.5 Å². The second-order valence-corrected chi connectivity index (χ2v) is 9.03. The second kappa shape index (κ2) is 9.35. The first kappa shape index (κ1) is 23.6. The number of rotatable bonds is 6. The molecule has 0 radical (unpaired) electrons. The van der Waals surface area contributed by atoms with Gasteiger partial charge in [0.2, 0.25) is 0 Å². The van der Waals surface area contributed by atoms with E-state index < -0.39 is 23.4 Å². The summed E-state index contributed by atoms with van der Waals surface area (Å²) in [6.45, 7) is 5.75. The molecule has 5 nitrogen and oxygen atoms in total. The highest BCUT2D eigenvalue weighted by Crippen LogP contribution is 2.36. The summed E-state index contributed by atoms with van der Waals surface area (Å²) in [7, 11) is 0. The van der Waals surface area contributed by atoms with Crippen LogP contribution in [0, 0.1) is 6.92 Å². The molecule has 2 amide bonds. The fourth-order valence-electron chi connectivity index (χ4n) is 4.80. The molecule has 8 heteroatoms. The normalized spacial score (nSPS) is 24.6. The van der Waals surface area contributed by atoms with Crippen molar-refractivity contribution in [3.05, 3.63) is 70.8 Å². The van der Waals surface area contributed by atoms with Crippen LogP contribution < -0.4 is 10.6 Å². The van der Waals surface area contributed by atoms with Gasteiger partial charge in [-0.15, -0.1) is 0 Å². The molecule has 0 bridgehead atoms. The van der Waals surface area contributed by atoms with Gasteiger partial charge in [0, 0.05) is 25.7 Å². The molecular weight excluding hydrogens is 431 g/mol.